The molecule has 238 valence electrons. The molecule has 11 rings (SSSR count). The van der Waals surface area contributed by atoms with Crippen molar-refractivity contribution in [2.75, 3.05) is 4.90 Å². The van der Waals surface area contributed by atoms with Crippen LogP contribution in [-0.2, 0) is 5.41 Å². The predicted octanol–water partition coefficient (Wildman–Crippen LogP) is 12.6. The third-order valence-electron chi connectivity index (χ3n) is 11.2. The van der Waals surface area contributed by atoms with Crippen molar-refractivity contribution in [1.82, 2.24) is 4.57 Å². The summed E-state index contributed by atoms with van der Waals surface area (Å²) in [5, 5.41) is 2.52. The van der Waals surface area contributed by atoms with Crippen molar-refractivity contribution in [3.05, 3.63) is 216 Å². The fourth-order valence-corrected chi connectivity index (χ4v) is 9.26. The van der Waals surface area contributed by atoms with Gasteiger partial charge in [-0.2, -0.15) is 0 Å². The van der Waals surface area contributed by atoms with Crippen LogP contribution in [0.4, 0.5) is 17.1 Å². The van der Waals surface area contributed by atoms with Gasteiger partial charge in [-0.1, -0.05) is 146 Å². The Bertz CT molecular complexity index is 2760. The molecule has 0 unspecified atom stereocenters. The number of hydrogen-bond donors (Lipinski definition) is 0. The van der Waals surface area contributed by atoms with Gasteiger partial charge in [-0.3, -0.25) is 0 Å². The van der Waals surface area contributed by atoms with Crippen LogP contribution in [0.3, 0.4) is 0 Å². The Morgan fingerprint density at radius 3 is 1.65 bits per heavy atom. The molecule has 0 amide bonds. The average molecular weight is 649 g/mol. The Balaban J connectivity index is 1.25. The Hall–Kier alpha value is -6.64. The number of benzene rings is 8. The zero-order chi connectivity index (χ0) is 33.5. The molecule has 2 aliphatic rings. The first-order chi connectivity index (χ1) is 25.3. The van der Waals surface area contributed by atoms with E-state index in [4.69, 9.17) is 0 Å². The lowest BCUT2D eigenvalue weighted by molar-refractivity contribution is 0.754. The number of fused-ring (bicyclic) bond motifs is 12. The van der Waals surface area contributed by atoms with Crippen molar-refractivity contribution in [2.45, 2.75) is 5.41 Å². The van der Waals surface area contributed by atoms with Gasteiger partial charge in [0.25, 0.3) is 0 Å². The highest BCUT2D eigenvalue weighted by Crippen LogP contribution is 2.64. The molecule has 0 fully saturated rings. The van der Waals surface area contributed by atoms with Crippen molar-refractivity contribution >= 4 is 38.9 Å². The monoisotopic (exact) mass is 648 g/mol. The number of aromatic nitrogens is 1. The van der Waals surface area contributed by atoms with Crippen LogP contribution in [0.1, 0.15) is 22.3 Å². The van der Waals surface area contributed by atoms with Crippen LogP contribution < -0.4 is 4.90 Å². The fourth-order valence-electron chi connectivity index (χ4n) is 9.26. The van der Waals surface area contributed by atoms with Gasteiger partial charge in [-0.25, -0.2) is 0 Å². The Labute approximate surface area is 297 Å². The highest BCUT2D eigenvalue weighted by molar-refractivity contribution is 6.10. The van der Waals surface area contributed by atoms with Crippen LogP contribution in [0.25, 0.3) is 49.7 Å². The van der Waals surface area contributed by atoms with E-state index in [1.54, 1.807) is 0 Å². The van der Waals surface area contributed by atoms with E-state index in [9.17, 15) is 0 Å². The number of anilines is 3. The number of rotatable bonds is 3. The summed E-state index contributed by atoms with van der Waals surface area (Å²) in [4.78, 5) is 2.45. The molecule has 9 aromatic rings. The summed E-state index contributed by atoms with van der Waals surface area (Å²) in [5.74, 6) is 0. The quantitative estimate of drug-likeness (QED) is 0.185. The first-order valence-electron chi connectivity index (χ1n) is 17.7. The average Bonchev–Trinajstić information content (AvgIpc) is 3.69. The first kappa shape index (κ1) is 28.2. The standard InChI is InChI=1S/C49H32N2/c1-3-16-34(17-4-1)50-44-27-12-8-21-38(44)39-31-30-33(32-47(39)50)36-22-15-23-40-37-20-7-9-24-41(37)49(48(36)40)42-25-10-13-28-45(42)51(35-18-5-2-6-19-35)46-29-14-11-26-43(46)49/h1-32H. The maximum Gasteiger partial charge on any atom is 0.0760 e. The molecule has 0 N–H and O–H groups in total. The maximum atomic E-state index is 2.45. The van der Waals surface area contributed by atoms with Crippen molar-refractivity contribution in [2.24, 2.45) is 0 Å². The number of hydrogen-bond acceptors (Lipinski definition) is 1. The van der Waals surface area contributed by atoms with Gasteiger partial charge in [0.2, 0.25) is 0 Å². The molecule has 1 aliphatic heterocycles. The van der Waals surface area contributed by atoms with E-state index >= 15 is 0 Å². The van der Waals surface area contributed by atoms with Gasteiger partial charge in [-0.15, -0.1) is 0 Å². The largest absolute Gasteiger partial charge is 0.310 e. The molecule has 2 nitrogen and oxygen atoms in total. The molecular weight excluding hydrogens is 617 g/mol. The molecule has 1 spiro atoms. The van der Waals surface area contributed by atoms with Crippen LogP contribution >= 0.6 is 0 Å². The molecule has 0 saturated heterocycles. The van der Waals surface area contributed by atoms with E-state index in [2.05, 4.69) is 204 Å². The van der Waals surface area contributed by atoms with Gasteiger partial charge in [-0.05, 0) is 93.0 Å². The summed E-state index contributed by atoms with van der Waals surface area (Å²) in [6, 6.07) is 71.5. The minimum atomic E-state index is -0.526. The lowest BCUT2D eigenvalue weighted by Gasteiger charge is -2.45. The third kappa shape index (κ3) is 3.76. The topological polar surface area (TPSA) is 8.17 Å². The van der Waals surface area contributed by atoms with Crippen LogP contribution in [-0.4, -0.2) is 4.57 Å². The summed E-state index contributed by atoms with van der Waals surface area (Å²) >= 11 is 0. The zero-order valence-electron chi connectivity index (χ0n) is 27.9. The zero-order valence-corrected chi connectivity index (χ0v) is 27.9. The number of nitrogens with zero attached hydrogens (tertiary/aromatic N) is 2. The van der Waals surface area contributed by atoms with Crippen LogP contribution in [0.2, 0.25) is 0 Å². The van der Waals surface area contributed by atoms with Gasteiger partial charge in [0, 0.05) is 22.1 Å². The minimum absolute atomic E-state index is 0.526. The summed E-state index contributed by atoms with van der Waals surface area (Å²) < 4.78 is 2.42. The second kappa shape index (κ2) is 10.7. The van der Waals surface area contributed by atoms with E-state index in [1.165, 1.54) is 83.4 Å². The van der Waals surface area contributed by atoms with E-state index in [0.717, 1.165) is 5.69 Å². The number of para-hydroxylation sites is 5. The molecular formula is C49H32N2. The van der Waals surface area contributed by atoms with Crippen LogP contribution in [0.5, 0.6) is 0 Å². The van der Waals surface area contributed by atoms with Gasteiger partial charge in [0.05, 0.1) is 27.8 Å². The van der Waals surface area contributed by atoms with Crippen molar-refractivity contribution in [1.29, 1.82) is 0 Å². The SMILES string of the molecule is c1ccc(N2c3ccccc3C3(c4ccccc4-c4cccc(-c5ccc6c7ccccc7n(-c7ccccc7)c6c5)c43)c3ccccc32)cc1. The second-order valence-corrected chi connectivity index (χ2v) is 13.6. The molecule has 2 heteroatoms. The van der Waals surface area contributed by atoms with Gasteiger partial charge >= 0.3 is 0 Å². The van der Waals surface area contributed by atoms with Crippen LogP contribution in [0, 0.1) is 0 Å². The molecule has 1 aromatic heterocycles. The minimum Gasteiger partial charge on any atom is -0.310 e. The van der Waals surface area contributed by atoms with Gasteiger partial charge in [0.15, 0.2) is 0 Å². The van der Waals surface area contributed by atoms with Crippen molar-refractivity contribution in [3.63, 3.8) is 0 Å². The fraction of sp³-hybridized carbons (Fsp3) is 0.0204. The third-order valence-corrected chi connectivity index (χ3v) is 11.2. The smallest absolute Gasteiger partial charge is 0.0760 e. The van der Waals surface area contributed by atoms with Gasteiger partial charge in [0.1, 0.15) is 0 Å². The first-order valence-corrected chi connectivity index (χ1v) is 17.7. The summed E-state index contributed by atoms with van der Waals surface area (Å²) in [5.41, 5.74) is 17.0. The van der Waals surface area contributed by atoms with E-state index in [1.807, 2.05) is 0 Å². The predicted molar refractivity (Wildman–Crippen MR) is 212 cm³/mol. The molecule has 1 aliphatic carbocycles. The second-order valence-electron chi connectivity index (χ2n) is 13.6. The molecule has 51 heavy (non-hydrogen) atoms. The molecule has 2 heterocycles. The molecule has 0 radical (unpaired) electrons. The maximum absolute atomic E-state index is 2.45. The Kier molecular flexibility index (Phi) is 5.91. The molecule has 0 bridgehead atoms. The molecule has 0 saturated carbocycles. The summed E-state index contributed by atoms with van der Waals surface area (Å²) in [6.07, 6.45) is 0. The van der Waals surface area contributed by atoms with E-state index in [-0.39, 0.29) is 0 Å². The van der Waals surface area contributed by atoms with Crippen molar-refractivity contribution in [3.8, 4) is 27.9 Å². The lowest BCUT2D eigenvalue weighted by Crippen LogP contribution is -2.36. The molecule has 8 aromatic carbocycles. The van der Waals surface area contributed by atoms with Crippen molar-refractivity contribution < 1.29 is 0 Å². The Morgan fingerprint density at radius 2 is 0.902 bits per heavy atom. The Morgan fingerprint density at radius 1 is 0.353 bits per heavy atom. The normalized spacial score (nSPS) is 13.6. The molecule has 0 atom stereocenters. The van der Waals surface area contributed by atoms with E-state index in [0.29, 0.717) is 0 Å². The highest BCUT2D eigenvalue weighted by Gasteiger charge is 2.52. The van der Waals surface area contributed by atoms with Crippen LogP contribution in [0.15, 0.2) is 194 Å². The lowest BCUT2D eigenvalue weighted by atomic mass is 9.63. The van der Waals surface area contributed by atoms with Gasteiger partial charge < -0.3 is 9.47 Å². The summed E-state index contributed by atoms with van der Waals surface area (Å²) in [7, 11) is 0. The van der Waals surface area contributed by atoms with E-state index < -0.39 is 5.41 Å². The summed E-state index contributed by atoms with van der Waals surface area (Å²) in [6.45, 7) is 0. The highest BCUT2D eigenvalue weighted by atomic mass is 15.2.